The number of carboxylic acid groups (broad SMARTS) is 1. The van der Waals surface area contributed by atoms with Crippen LogP contribution >= 0.6 is 0 Å². The maximum absolute atomic E-state index is 10.0. The van der Waals surface area contributed by atoms with E-state index >= 15 is 0 Å². The number of nitrogens with zero attached hydrogens (tertiary/aromatic N) is 1. The van der Waals surface area contributed by atoms with Crippen LogP contribution in [0.3, 0.4) is 0 Å². The van der Waals surface area contributed by atoms with Gasteiger partial charge in [0.2, 0.25) is 0 Å². The van der Waals surface area contributed by atoms with Gasteiger partial charge in [0.25, 0.3) is 0 Å². The topological polar surface area (TPSA) is 102 Å². The molecule has 0 radical (unpaired) electrons. The lowest BCUT2D eigenvalue weighted by atomic mass is 10.5. The largest absolute Gasteiger partial charge is 0.480 e. The number of hydrogen-bond acceptors (Lipinski definition) is 4. The Bertz CT molecular complexity index is 92.9. The van der Waals surface area contributed by atoms with Gasteiger partial charge in [0.15, 0.2) is 0 Å². The first-order chi connectivity index (χ1) is 4.20. The Morgan fingerprint density at radius 3 is 2.30 bits per heavy atom. The molecule has 0 saturated carbocycles. The molecule has 0 unspecified atom stereocenters. The number of carbonyl (C=O) groups is 1. The molecule has 5 nitrogen and oxygen atoms in total. The molecule has 0 fully saturated rings. The first-order valence-electron chi connectivity index (χ1n) is 2.85. The van der Waals surface area contributed by atoms with Crippen LogP contribution in [0.15, 0.2) is 0 Å². The molecule has 0 aliphatic heterocycles. The summed E-state index contributed by atoms with van der Waals surface area (Å²) in [6.45, 7) is 2.90. The number of aliphatic carboxylic acids is 1. The second-order valence-electron chi connectivity index (χ2n) is 1.72. The summed E-state index contributed by atoms with van der Waals surface area (Å²) in [5, 5.41) is 8.25. The van der Waals surface area contributed by atoms with Crippen LogP contribution in [0.25, 0.3) is 0 Å². The second kappa shape index (κ2) is 6.47. The quantitative estimate of drug-likeness (QED) is 0.466. The molecule has 0 aliphatic rings. The highest BCUT2D eigenvalue weighted by Gasteiger charge is 2.02. The number of rotatable bonds is 4. The Kier molecular flexibility index (Phi) is 7.81. The zero-order valence-electron chi connectivity index (χ0n) is 6.21. The van der Waals surface area contributed by atoms with Crippen LogP contribution in [0.5, 0.6) is 0 Å². The van der Waals surface area contributed by atoms with E-state index in [2.05, 4.69) is 0 Å². The van der Waals surface area contributed by atoms with Crippen molar-refractivity contribution in [2.75, 3.05) is 19.8 Å². The summed E-state index contributed by atoms with van der Waals surface area (Å²) in [5.41, 5.74) is 5.19. The fourth-order valence-corrected chi connectivity index (χ4v) is 0.497. The monoisotopic (exact) mass is 149 g/mol. The third-order valence-corrected chi connectivity index (χ3v) is 1.06. The van der Waals surface area contributed by atoms with Gasteiger partial charge in [-0.1, -0.05) is 6.92 Å². The van der Waals surface area contributed by atoms with E-state index < -0.39 is 5.97 Å². The molecule has 10 heavy (non-hydrogen) atoms. The fourth-order valence-electron chi connectivity index (χ4n) is 0.497. The van der Waals surface area contributed by atoms with Gasteiger partial charge in [-0.25, -0.2) is 0 Å². The average Bonchev–Trinajstić information content (AvgIpc) is 1.82. The van der Waals surface area contributed by atoms with Crippen molar-refractivity contribution >= 4 is 5.97 Å². The Balaban J connectivity index is 0. The molecule has 0 saturated heterocycles. The van der Waals surface area contributed by atoms with Crippen molar-refractivity contribution in [2.24, 2.45) is 5.73 Å². The van der Waals surface area contributed by atoms with Gasteiger partial charge in [-0.2, -0.15) is 0 Å². The van der Waals surface area contributed by atoms with E-state index in [0.717, 1.165) is 0 Å². The Morgan fingerprint density at radius 2 is 2.20 bits per heavy atom. The molecule has 0 amide bonds. The lowest BCUT2D eigenvalue weighted by Crippen LogP contribution is -2.34. The van der Waals surface area contributed by atoms with Crippen LogP contribution in [0, 0.1) is 0 Å². The molecule has 0 spiro atoms. The third-order valence-electron chi connectivity index (χ3n) is 1.06. The highest BCUT2D eigenvalue weighted by atomic mass is 16.4. The molecule has 5 heteroatoms. The van der Waals surface area contributed by atoms with Gasteiger partial charge >= 0.3 is 5.97 Å². The number of nitrogens with two attached hydrogens (primary N) is 1. The van der Waals surface area contributed by atoms with E-state index in [1.165, 1.54) is 0 Å². The zero-order valence-corrected chi connectivity index (χ0v) is 6.21. The molecule has 0 aromatic rings. The van der Waals surface area contributed by atoms with E-state index in [-0.39, 0.29) is 12.7 Å². The van der Waals surface area contributed by atoms with E-state index in [1.807, 2.05) is 6.92 Å². The maximum atomic E-state index is 10.0. The molecule has 0 bridgehead atoms. The minimum atomic E-state index is -0.831. The molecule has 6 N–H and O–H groups in total. The predicted octanol–water partition coefficient (Wildman–Crippen LogP) is -0.529. The first kappa shape index (κ1) is 12.1. The van der Waals surface area contributed by atoms with Gasteiger partial charge < -0.3 is 17.0 Å². The molecule has 0 atom stereocenters. The van der Waals surface area contributed by atoms with Gasteiger partial charge in [-0.05, 0) is 6.54 Å². The molecule has 0 rings (SSSR count). The number of likely N-dealkylation sites (N-methyl/N-ethyl adjacent to an activating group) is 1. The molecule has 0 aliphatic carbocycles. The lowest BCUT2D eigenvalue weighted by Gasteiger charge is -2.13. The zero-order chi connectivity index (χ0) is 7.28. The summed E-state index contributed by atoms with van der Waals surface area (Å²) >= 11 is 0. The average molecular weight is 149 g/mol. The maximum Gasteiger partial charge on any atom is 0.317 e. The highest BCUT2D eigenvalue weighted by Crippen LogP contribution is 1.80. The smallest absolute Gasteiger partial charge is 0.317 e. The molecule has 0 aromatic heterocycles. The first-order valence-corrected chi connectivity index (χ1v) is 2.85. The van der Waals surface area contributed by atoms with Crippen molar-refractivity contribution in [1.82, 2.24) is 11.1 Å². The minimum Gasteiger partial charge on any atom is -0.480 e. The standard InChI is InChI=1S/C5H12N2O2.H3N/c1-2-7(4-6)3-5(8)9;/h2-4,6H2,1H3,(H,8,9);1H3. The Hall–Kier alpha value is -0.650. The molecule has 0 aromatic carbocycles. The van der Waals surface area contributed by atoms with Crippen molar-refractivity contribution < 1.29 is 9.90 Å². The van der Waals surface area contributed by atoms with Gasteiger partial charge in [0.1, 0.15) is 0 Å². The summed E-state index contributed by atoms with van der Waals surface area (Å²) in [5.74, 6) is -0.831. The van der Waals surface area contributed by atoms with Crippen LogP contribution in [0.4, 0.5) is 0 Å². The van der Waals surface area contributed by atoms with Crippen molar-refractivity contribution in [3.05, 3.63) is 0 Å². The highest BCUT2D eigenvalue weighted by molar-refractivity contribution is 5.69. The summed E-state index contributed by atoms with van der Waals surface area (Å²) in [6, 6.07) is 0. The molecular weight excluding hydrogens is 134 g/mol. The van der Waals surface area contributed by atoms with Gasteiger partial charge in [0, 0.05) is 6.67 Å². The molecular formula is C5H15N3O2. The lowest BCUT2D eigenvalue weighted by molar-refractivity contribution is -0.138. The fraction of sp³-hybridized carbons (Fsp3) is 0.800. The van der Waals surface area contributed by atoms with Crippen molar-refractivity contribution in [3.8, 4) is 0 Å². The number of carboxylic acids is 1. The SMILES string of the molecule is CCN(CN)CC(=O)O.N. The summed E-state index contributed by atoms with van der Waals surface area (Å²) in [7, 11) is 0. The van der Waals surface area contributed by atoms with Crippen molar-refractivity contribution in [1.29, 1.82) is 0 Å². The van der Waals surface area contributed by atoms with Crippen molar-refractivity contribution in [2.45, 2.75) is 6.92 Å². The van der Waals surface area contributed by atoms with Crippen LogP contribution in [0.1, 0.15) is 6.92 Å². The van der Waals surface area contributed by atoms with Crippen LogP contribution in [-0.2, 0) is 4.79 Å². The van der Waals surface area contributed by atoms with Gasteiger partial charge in [-0.15, -0.1) is 0 Å². The van der Waals surface area contributed by atoms with Crippen LogP contribution in [-0.4, -0.2) is 35.7 Å². The van der Waals surface area contributed by atoms with E-state index in [9.17, 15) is 4.79 Å². The summed E-state index contributed by atoms with van der Waals surface area (Å²) < 4.78 is 0. The molecule has 62 valence electrons. The van der Waals surface area contributed by atoms with Gasteiger partial charge in [0.05, 0.1) is 6.54 Å². The van der Waals surface area contributed by atoms with E-state index in [0.29, 0.717) is 13.2 Å². The van der Waals surface area contributed by atoms with E-state index in [4.69, 9.17) is 10.8 Å². The Labute approximate surface area is 60.4 Å². The van der Waals surface area contributed by atoms with Gasteiger partial charge in [-0.3, -0.25) is 9.69 Å². The second-order valence-corrected chi connectivity index (χ2v) is 1.72. The van der Waals surface area contributed by atoms with Crippen molar-refractivity contribution in [3.63, 3.8) is 0 Å². The summed E-state index contributed by atoms with van der Waals surface area (Å²) in [4.78, 5) is 11.7. The predicted molar refractivity (Wildman–Crippen MR) is 39.0 cm³/mol. The molecule has 0 heterocycles. The Morgan fingerprint density at radius 1 is 1.70 bits per heavy atom. The van der Waals surface area contributed by atoms with Crippen LogP contribution < -0.4 is 11.9 Å². The third kappa shape index (κ3) is 5.49. The number of hydrogen-bond donors (Lipinski definition) is 3. The summed E-state index contributed by atoms with van der Waals surface area (Å²) in [6.07, 6.45) is 0. The normalized spacial score (nSPS) is 9.10. The van der Waals surface area contributed by atoms with Crippen LogP contribution in [0.2, 0.25) is 0 Å². The van der Waals surface area contributed by atoms with E-state index in [1.54, 1.807) is 4.90 Å². The minimum absolute atomic E-state index is 0.